The lowest BCUT2D eigenvalue weighted by Crippen LogP contribution is -2.83. The highest BCUT2D eigenvalue weighted by Crippen LogP contribution is 2.42. The summed E-state index contributed by atoms with van der Waals surface area (Å²) in [5, 5.41) is 2.34. The van der Waals surface area contributed by atoms with Crippen LogP contribution in [0.25, 0.3) is 5.69 Å². The summed E-state index contributed by atoms with van der Waals surface area (Å²) in [6.45, 7) is 1.14. The van der Waals surface area contributed by atoms with E-state index in [0.717, 1.165) is 29.5 Å². The van der Waals surface area contributed by atoms with E-state index in [1.165, 1.54) is 16.8 Å². The maximum absolute atomic E-state index is 5.78. The third-order valence-electron chi connectivity index (χ3n) is 4.98. The second-order valence-electron chi connectivity index (χ2n) is 6.27. The molecule has 0 bridgehead atoms. The number of hydrogen-bond acceptors (Lipinski definition) is 3. The molecule has 0 fully saturated rings. The van der Waals surface area contributed by atoms with Crippen LogP contribution in [0.4, 0.5) is 0 Å². The molecule has 0 radical (unpaired) electrons. The highest BCUT2D eigenvalue weighted by atomic mass is 16.7. The summed E-state index contributed by atoms with van der Waals surface area (Å²) < 4.78 is 19.2. The van der Waals surface area contributed by atoms with E-state index in [4.69, 9.17) is 14.2 Å². The van der Waals surface area contributed by atoms with Gasteiger partial charge in [0.2, 0.25) is 6.79 Å². The van der Waals surface area contributed by atoms with E-state index in [1.807, 2.05) is 18.2 Å². The molecule has 1 unspecified atom stereocenters. The summed E-state index contributed by atoms with van der Waals surface area (Å²) in [5.41, 5.74) is 4.70. The Morgan fingerprint density at radius 3 is 2.92 bits per heavy atom. The Labute approximate surface area is 145 Å². The summed E-state index contributed by atoms with van der Waals surface area (Å²) >= 11 is 0. The summed E-state index contributed by atoms with van der Waals surface area (Å²) in [6, 6.07) is 16.7. The van der Waals surface area contributed by atoms with Crippen LogP contribution in [0.15, 0.2) is 54.7 Å². The minimum atomic E-state index is 0.150. The van der Waals surface area contributed by atoms with E-state index >= 15 is 0 Å². The summed E-state index contributed by atoms with van der Waals surface area (Å²) in [6.07, 6.45) is 2.09. The minimum absolute atomic E-state index is 0.150. The number of hydrogen-bond donors (Lipinski definition) is 1. The van der Waals surface area contributed by atoms with Crippen molar-refractivity contribution in [2.45, 2.75) is 12.6 Å². The van der Waals surface area contributed by atoms with Crippen LogP contribution in [0.2, 0.25) is 0 Å². The molecule has 2 N–H and O–H groups in total. The number of nitrogens with two attached hydrogens (primary N) is 1. The zero-order chi connectivity index (χ0) is 16.8. The Hall–Kier alpha value is -2.92. The predicted octanol–water partition coefficient (Wildman–Crippen LogP) is 2.38. The molecule has 1 atom stereocenters. The molecule has 0 amide bonds. The lowest BCUT2D eigenvalue weighted by molar-refractivity contribution is -0.702. The van der Waals surface area contributed by atoms with Crippen molar-refractivity contribution in [2.75, 3.05) is 13.9 Å². The van der Waals surface area contributed by atoms with Crippen LogP contribution in [0.5, 0.6) is 17.2 Å². The van der Waals surface area contributed by atoms with Crippen molar-refractivity contribution in [3.63, 3.8) is 0 Å². The van der Waals surface area contributed by atoms with Gasteiger partial charge in [-0.25, -0.2) is 0 Å². The molecular formula is C20H19N2O3+. The highest BCUT2D eigenvalue weighted by molar-refractivity contribution is 5.62. The zero-order valence-electron chi connectivity index (χ0n) is 13.9. The number of rotatable bonds is 2. The molecule has 5 heteroatoms. The summed E-state index contributed by atoms with van der Waals surface area (Å²) in [4.78, 5) is 0. The highest BCUT2D eigenvalue weighted by Gasteiger charge is 2.32. The van der Waals surface area contributed by atoms with Gasteiger partial charge in [-0.1, -0.05) is 12.1 Å². The molecule has 1 aromatic heterocycles. The van der Waals surface area contributed by atoms with Crippen LogP contribution in [-0.2, 0) is 6.54 Å². The number of benzene rings is 2. The molecule has 5 nitrogen and oxygen atoms in total. The fourth-order valence-corrected chi connectivity index (χ4v) is 3.85. The summed E-state index contributed by atoms with van der Waals surface area (Å²) in [7, 11) is 1.72. The first-order valence-corrected chi connectivity index (χ1v) is 8.42. The molecule has 2 aliphatic rings. The number of methoxy groups -OCH3 is 1. The Bertz CT molecular complexity index is 948. The Kier molecular flexibility index (Phi) is 3.21. The van der Waals surface area contributed by atoms with E-state index in [2.05, 4.69) is 46.4 Å². The topological polar surface area (TPSA) is 49.2 Å². The molecule has 126 valence electrons. The number of para-hydroxylation sites is 1. The van der Waals surface area contributed by atoms with Crippen LogP contribution >= 0.6 is 0 Å². The van der Waals surface area contributed by atoms with E-state index in [-0.39, 0.29) is 12.8 Å². The van der Waals surface area contributed by atoms with Gasteiger partial charge in [0.25, 0.3) is 0 Å². The molecule has 0 saturated carbocycles. The number of quaternary nitrogens is 1. The Morgan fingerprint density at radius 2 is 2.00 bits per heavy atom. The summed E-state index contributed by atoms with van der Waals surface area (Å²) in [5.74, 6) is 2.56. The van der Waals surface area contributed by atoms with Crippen molar-refractivity contribution < 1.29 is 19.5 Å². The normalized spacial score (nSPS) is 17.6. The second-order valence-corrected chi connectivity index (χ2v) is 6.27. The van der Waals surface area contributed by atoms with Gasteiger partial charge in [-0.15, -0.1) is 0 Å². The lowest BCUT2D eigenvalue weighted by atomic mass is 10.0. The van der Waals surface area contributed by atoms with Crippen molar-refractivity contribution in [1.82, 2.24) is 4.57 Å². The van der Waals surface area contributed by atoms with Crippen molar-refractivity contribution in [3.8, 4) is 22.9 Å². The second kappa shape index (κ2) is 5.57. The molecule has 2 aromatic carbocycles. The molecule has 0 aliphatic carbocycles. The van der Waals surface area contributed by atoms with E-state index < -0.39 is 0 Å². The first-order chi connectivity index (χ1) is 12.4. The van der Waals surface area contributed by atoms with Gasteiger partial charge in [-0.3, -0.25) is 0 Å². The van der Waals surface area contributed by atoms with Gasteiger partial charge in [-0.05, 0) is 36.4 Å². The lowest BCUT2D eigenvalue weighted by Gasteiger charge is -2.17. The molecule has 25 heavy (non-hydrogen) atoms. The van der Waals surface area contributed by atoms with Crippen molar-refractivity contribution >= 4 is 0 Å². The number of fused-ring (bicyclic) bond motifs is 5. The van der Waals surface area contributed by atoms with Gasteiger partial charge in [0.1, 0.15) is 18.0 Å². The number of nitrogens with zero attached hydrogens (tertiary/aromatic N) is 1. The van der Waals surface area contributed by atoms with Crippen LogP contribution in [-0.4, -0.2) is 18.5 Å². The smallest absolute Gasteiger partial charge is 0.231 e. The average molecular weight is 335 g/mol. The molecule has 0 spiro atoms. The first kappa shape index (κ1) is 14.4. The average Bonchev–Trinajstić information content (AvgIpc) is 3.29. The molecule has 2 aliphatic heterocycles. The van der Waals surface area contributed by atoms with Crippen molar-refractivity contribution in [1.29, 1.82) is 0 Å². The van der Waals surface area contributed by atoms with Crippen molar-refractivity contribution in [2.24, 2.45) is 0 Å². The third-order valence-corrected chi connectivity index (χ3v) is 4.98. The van der Waals surface area contributed by atoms with Gasteiger partial charge in [0, 0.05) is 11.8 Å². The molecule has 5 rings (SSSR count). The minimum Gasteiger partial charge on any atom is -0.496 e. The van der Waals surface area contributed by atoms with Crippen LogP contribution in [0.3, 0.4) is 0 Å². The molecule has 3 heterocycles. The van der Waals surface area contributed by atoms with Gasteiger partial charge in [0.05, 0.1) is 18.4 Å². The Balaban J connectivity index is 1.71. The number of ether oxygens (including phenoxy) is 3. The van der Waals surface area contributed by atoms with Crippen LogP contribution in [0.1, 0.15) is 22.9 Å². The quantitative estimate of drug-likeness (QED) is 0.782. The van der Waals surface area contributed by atoms with Crippen LogP contribution in [0, 0.1) is 0 Å². The largest absolute Gasteiger partial charge is 0.496 e. The van der Waals surface area contributed by atoms with E-state index in [9.17, 15) is 0 Å². The van der Waals surface area contributed by atoms with Crippen LogP contribution < -0.4 is 19.5 Å². The van der Waals surface area contributed by atoms with Gasteiger partial charge in [0.15, 0.2) is 17.5 Å². The standard InChI is InChI=1S/C20H18N2O3/c1-23-16-7-3-2-5-14(16)18-15-6-4-10-22(15)19-13(11-21-18)8-9-17-20(19)25-12-24-17/h2-10,18,21H,11-12H2,1H3/p+1. The zero-order valence-corrected chi connectivity index (χ0v) is 13.9. The maximum atomic E-state index is 5.78. The van der Waals surface area contributed by atoms with E-state index in [0.29, 0.717) is 0 Å². The SMILES string of the molecule is COc1ccccc1C1[NH2+]Cc2ccc3c(c2-n2cccc21)OCO3. The molecule has 3 aromatic rings. The monoisotopic (exact) mass is 335 g/mol. The molecule has 0 saturated heterocycles. The van der Waals surface area contributed by atoms with Crippen molar-refractivity contribution in [3.05, 3.63) is 71.5 Å². The van der Waals surface area contributed by atoms with Gasteiger partial charge in [-0.2, -0.15) is 0 Å². The maximum Gasteiger partial charge on any atom is 0.231 e. The van der Waals surface area contributed by atoms with Gasteiger partial charge >= 0.3 is 0 Å². The third kappa shape index (κ3) is 2.13. The Morgan fingerprint density at radius 1 is 1.08 bits per heavy atom. The predicted molar refractivity (Wildman–Crippen MR) is 92.4 cm³/mol. The van der Waals surface area contributed by atoms with E-state index in [1.54, 1.807) is 7.11 Å². The fraction of sp³-hybridized carbons (Fsp3) is 0.200. The fourth-order valence-electron chi connectivity index (χ4n) is 3.85. The molecular weight excluding hydrogens is 316 g/mol. The first-order valence-electron chi connectivity index (χ1n) is 8.42. The number of aromatic nitrogens is 1. The van der Waals surface area contributed by atoms with Gasteiger partial charge < -0.3 is 24.1 Å².